The fourth-order valence-corrected chi connectivity index (χ4v) is 1.05. The zero-order valence-corrected chi connectivity index (χ0v) is 5.37. The molecule has 1 saturated heterocycles. The Morgan fingerprint density at radius 3 is 1.45 bits per heavy atom. The van der Waals surface area contributed by atoms with Gasteiger partial charge in [0.05, 0.1) is 0 Å². The minimum Gasteiger partial charge on any atom is -0.269 e. The van der Waals surface area contributed by atoms with Gasteiger partial charge in [-0.2, -0.15) is 30.2 Å². The van der Waals surface area contributed by atoms with Crippen LogP contribution in [0.5, 0.6) is 0 Å². The highest BCUT2D eigenvalue weighted by atomic mass is 32.2. The standard InChI is InChI=1S/C2F4O3S.FH/c3-1(4)2(5,6)10(7,8)9-1;/h;1H. The first-order chi connectivity index (χ1) is 4.21. The molecule has 11 heavy (non-hydrogen) atoms. The average Bonchev–Trinajstić information content (AvgIpc) is 1.61. The van der Waals surface area contributed by atoms with Gasteiger partial charge in [-0.3, -0.25) is 4.70 Å². The van der Waals surface area contributed by atoms with Gasteiger partial charge in [0.1, 0.15) is 0 Å². The summed E-state index contributed by atoms with van der Waals surface area (Å²) < 4.78 is 68.2. The average molecular weight is 200 g/mol. The highest BCUT2D eigenvalue weighted by Gasteiger charge is 2.80. The van der Waals surface area contributed by atoms with Gasteiger partial charge in [-0.15, -0.1) is 0 Å². The molecule has 0 spiro atoms. The number of rotatable bonds is 0. The van der Waals surface area contributed by atoms with E-state index >= 15 is 0 Å². The smallest absolute Gasteiger partial charge is 0.269 e. The van der Waals surface area contributed by atoms with Crippen molar-refractivity contribution in [2.75, 3.05) is 0 Å². The van der Waals surface area contributed by atoms with Gasteiger partial charge in [0.2, 0.25) is 0 Å². The fourth-order valence-electron chi connectivity index (χ4n) is 0.350. The van der Waals surface area contributed by atoms with Crippen LogP contribution in [0.25, 0.3) is 0 Å². The number of alkyl halides is 4. The summed E-state index contributed by atoms with van der Waals surface area (Å²) in [6, 6.07) is 0. The predicted octanol–water partition coefficient (Wildman–Crippen LogP) is 0.685. The molecular formula is C2HF5O3S. The summed E-state index contributed by atoms with van der Waals surface area (Å²) in [7, 11) is -5.35. The van der Waals surface area contributed by atoms with Crippen LogP contribution in [0, 0.1) is 0 Å². The van der Waals surface area contributed by atoms with Crippen molar-refractivity contribution in [1.29, 1.82) is 0 Å². The van der Waals surface area contributed by atoms with Gasteiger partial charge in [0.15, 0.2) is 0 Å². The second-order valence-corrected chi connectivity index (χ2v) is 3.16. The first-order valence-electron chi connectivity index (χ1n) is 1.91. The highest BCUT2D eigenvalue weighted by molar-refractivity contribution is 7.89. The van der Waals surface area contributed by atoms with Crippen LogP contribution in [0.4, 0.5) is 22.3 Å². The van der Waals surface area contributed by atoms with Crippen molar-refractivity contribution in [3.8, 4) is 0 Å². The van der Waals surface area contributed by atoms with E-state index in [1.165, 1.54) is 0 Å². The Kier molecular flexibility index (Phi) is 1.95. The van der Waals surface area contributed by atoms with Gasteiger partial charge in [-0.05, 0) is 0 Å². The molecule has 0 radical (unpaired) electrons. The number of hydrogen-bond acceptors (Lipinski definition) is 3. The fraction of sp³-hybridized carbons (Fsp3) is 1.00. The largest absolute Gasteiger partial charge is 0.461 e. The molecule has 1 aliphatic heterocycles. The van der Waals surface area contributed by atoms with Crippen LogP contribution in [0.15, 0.2) is 0 Å². The Balaban J connectivity index is 0.000001000. The molecular weight excluding hydrogens is 199 g/mol. The zero-order valence-electron chi connectivity index (χ0n) is 4.55. The zero-order chi connectivity index (χ0) is 8.21. The Bertz CT molecular complexity index is 255. The first kappa shape index (κ1) is 10.6. The summed E-state index contributed by atoms with van der Waals surface area (Å²) >= 11 is 0. The highest BCUT2D eigenvalue weighted by Crippen LogP contribution is 2.50. The molecule has 0 aliphatic carbocycles. The van der Waals surface area contributed by atoms with E-state index in [0.29, 0.717) is 0 Å². The van der Waals surface area contributed by atoms with Gasteiger partial charge in [0.25, 0.3) is 0 Å². The monoisotopic (exact) mass is 200 g/mol. The molecule has 0 saturated carbocycles. The van der Waals surface area contributed by atoms with Crippen LogP contribution in [-0.2, 0) is 14.3 Å². The Hall–Kier alpha value is -0.440. The quantitative estimate of drug-likeness (QED) is 0.426. The minimum atomic E-state index is -5.35. The van der Waals surface area contributed by atoms with Crippen LogP contribution in [0.3, 0.4) is 0 Å². The number of halogens is 5. The van der Waals surface area contributed by atoms with E-state index in [-0.39, 0.29) is 4.70 Å². The summed E-state index contributed by atoms with van der Waals surface area (Å²) in [6.07, 6.45) is -4.87. The lowest BCUT2D eigenvalue weighted by molar-refractivity contribution is -0.315. The van der Waals surface area contributed by atoms with Crippen molar-refractivity contribution in [1.82, 2.24) is 0 Å². The molecule has 1 rings (SSSR count). The molecule has 0 N–H and O–H groups in total. The Morgan fingerprint density at radius 2 is 1.45 bits per heavy atom. The van der Waals surface area contributed by atoms with Crippen molar-refractivity contribution in [3.05, 3.63) is 0 Å². The van der Waals surface area contributed by atoms with Crippen molar-refractivity contribution in [2.24, 2.45) is 0 Å². The first-order valence-corrected chi connectivity index (χ1v) is 3.32. The molecule has 68 valence electrons. The molecule has 1 heterocycles. The van der Waals surface area contributed by atoms with Crippen LogP contribution in [0.1, 0.15) is 0 Å². The maximum atomic E-state index is 11.6. The number of hydrogen-bond donors (Lipinski definition) is 0. The molecule has 0 amide bonds. The van der Waals surface area contributed by atoms with E-state index in [9.17, 15) is 26.0 Å². The summed E-state index contributed by atoms with van der Waals surface area (Å²) in [5, 5.41) is -5.07. The van der Waals surface area contributed by atoms with E-state index < -0.39 is 21.5 Å². The maximum absolute atomic E-state index is 11.6. The molecule has 9 heteroatoms. The van der Waals surface area contributed by atoms with E-state index in [4.69, 9.17) is 0 Å². The van der Waals surface area contributed by atoms with Crippen molar-refractivity contribution < 1.29 is 34.9 Å². The minimum absolute atomic E-state index is 0. The van der Waals surface area contributed by atoms with Crippen LogP contribution in [-0.4, -0.2) is 19.8 Å². The molecule has 0 unspecified atom stereocenters. The molecule has 0 aromatic rings. The van der Waals surface area contributed by atoms with Gasteiger partial charge >= 0.3 is 21.5 Å². The summed E-state index contributed by atoms with van der Waals surface area (Å²) in [5.41, 5.74) is 0. The van der Waals surface area contributed by atoms with E-state index in [1.807, 2.05) is 0 Å². The summed E-state index contributed by atoms with van der Waals surface area (Å²) in [5.74, 6) is 0. The Labute approximate surface area is 57.4 Å². The SMILES string of the molecule is F.O=S1(=O)OC(F)(F)C1(F)F. The predicted molar refractivity (Wildman–Crippen MR) is 22.4 cm³/mol. The topological polar surface area (TPSA) is 43.4 Å². The summed E-state index contributed by atoms with van der Waals surface area (Å²) in [4.78, 5) is 0. The van der Waals surface area contributed by atoms with Crippen LogP contribution < -0.4 is 0 Å². The third-order valence-corrected chi connectivity index (χ3v) is 2.16. The van der Waals surface area contributed by atoms with Gasteiger partial charge < -0.3 is 0 Å². The third-order valence-electron chi connectivity index (χ3n) is 0.867. The lowest BCUT2D eigenvalue weighted by Crippen LogP contribution is -2.61. The lowest BCUT2D eigenvalue weighted by Gasteiger charge is -2.32. The van der Waals surface area contributed by atoms with Crippen molar-refractivity contribution >= 4 is 10.1 Å². The molecule has 1 aliphatic rings. The third kappa shape index (κ3) is 0.984. The molecule has 0 aromatic heterocycles. The molecule has 3 nitrogen and oxygen atoms in total. The van der Waals surface area contributed by atoms with E-state index in [1.54, 1.807) is 0 Å². The second kappa shape index (κ2) is 2.03. The Morgan fingerprint density at radius 1 is 1.09 bits per heavy atom. The van der Waals surface area contributed by atoms with Crippen molar-refractivity contribution in [3.63, 3.8) is 0 Å². The van der Waals surface area contributed by atoms with Gasteiger partial charge in [0, 0.05) is 0 Å². The van der Waals surface area contributed by atoms with E-state index in [0.717, 1.165) is 0 Å². The molecule has 0 atom stereocenters. The molecule has 1 fully saturated rings. The second-order valence-electron chi connectivity index (χ2n) is 1.57. The normalized spacial score (nSPS) is 29.8. The lowest BCUT2D eigenvalue weighted by atomic mass is 10.6. The van der Waals surface area contributed by atoms with Crippen molar-refractivity contribution in [2.45, 2.75) is 11.4 Å². The molecule has 0 bridgehead atoms. The molecule has 0 aromatic carbocycles. The summed E-state index contributed by atoms with van der Waals surface area (Å²) in [6.45, 7) is 0. The van der Waals surface area contributed by atoms with Crippen LogP contribution >= 0.6 is 0 Å². The van der Waals surface area contributed by atoms with Gasteiger partial charge in [-0.1, -0.05) is 0 Å². The van der Waals surface area contributed by atoms with E-state index in [2.05, 4.69) is 4.18 Å². The van der Waals surface area contributed by atoms with Gasteiger partial charge in [-0.25, -0.2) is 0 Å². The van der Waals surface area contributed by atoms with Crippen LogP contribution in [0.2, 0.25) is 0 Å². The maximum Gasteiger partial charge on any atom is 0.461 e.